The molecule has 5 heteroatoms. The lowest BCUT2D eigenvalue weighted by Gasteiger charge is -2.06. The quantitative estimate of drug-likeness (QED) is 0.816. The van der Waals surface area contributed by atoms with Crippen LogP contribution in [0.2, 0.25) is 0 Å². The molecule has 0 unspecified atom stereocenters. The molecule has 1 heterocycles. The molecule has 2 aromatic rings. The molecule has 2 rings (SSSR count). The molecule has 3 N–H and O–H groups in total. The Labute approximate surface area is 117 Å². The zero-order valence-corrected chi connectivity index (χ0v) is 11.9. The Balaban J connectivity index is 1.94. The van der Waals surface area contributed by atoms with Crippen LogP contribution in [0, 0.1) is 0 Å². The van der Waals surface area contributed by atoms with Crippen molar-refractivity contribution >= 4 is 22.2 Å². The van der Waals surface area contributed by atoms with Gasteiger partial charge in [0.2, 0.25) is 0 Å². The number of aromatic nitrogens is 1. The fraction of sp³-hybridized carbons (Fsp3) is 0.357. The van der Waals surface area contributed by atoms with Gasteiger partial charge in [-0.2, -0.15) is 0 Å². The molecule has 0 fully saturated rings. The summed E-state index contributed by atoms with van der Waals surface area (Å²) in [6.45, 7) is 3.48. The van der Waals surface area contributed by atoms with Crippen molar-refractivity contribution in [1.29, 1.82) is 0 Å². The third kappa shape index (κ3) is 4.22. The van der Waals surface area contributed by atoms with Crippen LogP contribution in [0.4, 0.5) is 10.8 Å². The highest BCUT2D eigenvalue weighted by molar-refractivity contribution is 7.13. The van der Waals surface area contributed by atoms with Crippen LogP contribution in [0.15, 0.2) is 29.6 Å². The Hall–Kier alpha value is -1.59. The molecule has 0 amide bonds. The number of nitrogens with one attached hydrogen (secondary N) is 1. The first-order valence-corrected chi connectivity index (χ1v) is 7.34. The number of nitrogens with zero attached hydrogens (tertiary/aromatic N) is 1. The standard InChI is InChI=1S/C14H19N3OS/c1-2-9-18-13-5-3-11(4-6-13)16-14-17-12(7-8-15)10-19-14/h3-6,10H,2,7-9,15H2,1H3,(H,16,17). The minimum atomic E-state index is 0.632. The molecule has 19 heavy (non-hydrogen) atoms. The number of nitrogens with two attached hydrogens (primary N) is 1. The van der Waals surface area contributed by atoms with Crippen LogP contribution in [0.5, 0.6) is 5.75 Å². The van der Waals surface area contributed by atoms with E-state index in [9.17, 15) is 0 Å². The van der Waals surface area contributed by atoms with Crippen molar-refractivity contribution in [3.05, 3.63) is 35.3 Å². The Kier molecular flexibility index (Phi) is 5.18. The third-order valence-corrected chi connectivity index (χ3v) is 3.34. The number of hydrogen-bond donors (Lipinski definition) is 2. The van der Waals surface area contributed by atoms with Gasteiger partial charge in [-0.1, -0.05) is 6.92 Å². The Morgan fingerprint density at radius 1 is 1.32 bits per heavy atom. The molecule has 0 aliphatic heterocycles. The van der Waals surface area contributed by atoms with Crippen LogP contribution in [0.3, 0.4) is 0 Å². The van der Waals surface area contributed by atoms with E-state index >= 15 is 0 Å². The van der Waals surface area contributed by atoms with Crippen LogP contribution < -0.4 is 15.8 Å². The lowest BCUT2D eigenvalue weighted by Crippen LogP contribution is -2.02. The van der Waals surface area contributed by atoms with Gasteiger partial charge in [0.1, 0.15) is 5.75 Å². The number of benzene rings is 1. The van der Waals surface area contributed by atoms with E-state index in [0.29, 0.717) is 6.54 Å². The molecule has 1 aromatic carbocycles. The SMILES string of the molecule is CCCOc1ccc(Nc2nc(CCN)cs2)cc1. The predicted octanol–water partition coefficient (Wildman–Crippen LogP) is 3.18. The van der Waals surface area contributed by atoms with Gasteiger partial charge in [-0.3, -0.25) is 0 Å². The smallest absolute Gasteiger partial charge is 0.187 e. The molecule has 1 aromatic heterocycles. The van der Waals surface area contributed by atoms with E-state index in [4.69, 9.17) is 10.5 Å². The van der Waals surface area contributed by atoms with Crippen molar-refractivity contribution < 1.29 is 4.74 Å². The molecule has 0 bridgehead atoms. The molecule has 0 radical (unpaired) electrons. The summed E-state index contributed by atoms with van der Waals surface area (Å²) in [6.07, 6.45) is 1.84. The number of rotatable bonds is 7. The van der Waals surface area contributed by atoms with Gasteiger partial charge in [0.15, 0.2) is 5.13 Å². The van der Waals surface area contributed by atoms with Crippen LogP contribution >= 0.6 is 11.3 Å². The molecule has 0 aliphatic carbocycles. The molecule has 4 nitrogen and oxygen atoms in total. The molecular formula is C14H19N3OS. The van der Waals surface area contributed by atoms with Gasteiger partial charge in [0.25, 0.3) is 0 Å². The van der Waals surface area contributed by atoms with Crippen molar-refractivity contribution in [1.82, 2.24) is 4.98 Å². The Morgan fingerprint density at radius 3 is 2.79 bits per heavy atom. The Morgan fingerprint density at radius 2 is 2.11 bits per heavy atom. The zero-order valence-electron chi connectivity index (χ0n) is 11.1. The van der Waals surface area contributed by atoms with Gasteiger partial charge >= 0.3 is 0 Å². The summed E-state index contributed by atoms with van der Waals surface area (Å²) in [5.74, 6) is 0.898. The molecule has 0 saturated carbocycles. The topological polar surface area (TPSA) is 60.2 Å². The summed E-state index contributed by atoms with van der Waals surface area (Å²) >= 11 is 1.59. The van der Waals surface area contributed by atoms with E-state index in [-0.39, 0.29) is 0 Å². The summed E-state index contributed by atoms with van der Waals surface area (Å²) in [6, 6.07) is 7.92. The first-order valence-electron chi connectivity index (χ1n) is 6.46. The van der Waals surface area contributed by atoms with Crippen LogP contribution in [-0.2, 0) is 6.42 Å². The van der Waals surface area contributed by atoms with Crippen LogP contribution in [0.1, 0.15) is 19.0 Å². The normalized spacial score (nSPS) is 10.4. The van der Waals surface area contributed by atoms with Gasteiger partial charge < -0.3 is 15.8 Å². The van der Waals surface area contributed by atoms with Crippen LogP contribution in [0.25, 0.3) is 0 Å². The van der Waals surface area contributed by atoms with Crippen molar-refractivity contribution in [2.75, 3.05) is 18.5 Å². The fourth-order valence-electron chi connectivity index (χ4n) is 1.60. The number of thiazole rings is 1. The number of hydrogen-bond acceptors (Lipinski definition) is 5. The molecule has 0 aliphatic rings. The summed E-state index contributed by atoms with van der Waals surface area (Å²) < 4.78 is 5.54. The summed E-state index contributed by atoms with van der Waals surface area (Å²) in [4.78, 5) is 4.46. The second kappa shape index (κ2) is 7.11. The molecule has 0 spiro atoms. The van der Waals surface area contributed by atoms with Crippen LogP contribution in [-0.4, -0.2) is 18.1 Å². The number of ether oxygens (including phenoxy) is 1. The Bertz CT molecular complexity index is 496. The summed E-state index contributed by atoms with van der Waals surface area (Å²) in [5, 5.41) is 6.21. The highest BCUT2D eigenvalue weighted by atomic mass is 32.1. The van der Waals surface area contributed by atoms with Gasteiger partial charge in [-0.15, -0.1) is 11.3 Å². The van der Waals surface area contributed by atoms with Gasteiger partial charge in [-0.05, 0) is 37.2 Å². The first kappa shape index (κ1) is 13.8. The van der Waals surface area contributed by atoms with Crippen molar-refractivity contribution in [3.63, 3.8) is 0 Å². The average Bonchev–Trinajstić information content (AvgIpc) is 2.86. The van der Waals surface area contributed by atoms with Crippen molar-refractivity contribution in [3.8, 4) is 5.75 Å². The maximum Gasteiger partial charge on any atom is 0.187 e. The summed E-state index contributed by atoms with van der Waals surface area (Å²) in [7, 11) is 0. The van der Waals surface area contributed by atoms with E-state index in [0.717, 1.165) is 41.7 Å². The maximum absolute atomic E-state index is 5.54. The third-order valence-electron chi connectivity index (χ3n) is 2.53. The van der Waals surface area contributed by atoms with Gasteiger partial charge in [0, 0.05) is 17.5 Å². The van der Waals surface area contributed by atoms with Gasteiger partial charge in [-0.25, -0.2) is 4.98 Å². The van der Waals surface area contributed by atoms with Gasteiger partial charge in [0.05, 0.1) is 12.3 Å². The highest BCUT2D eigenvalue weighted by Crippen LogP contribution is 2.23. The van der Waals surface area contributed by atoms with E-state index in [1.807, 2.05) is 29.6 Å². The molecule has 0 saturated heterocycles. The largest absolute Gasteiger partial charge is 0.494 e. The minimum absolute atomic E-state index is 0.632. The monoisotopic (exact) mass is 277 g/mol. The van der Waals surface area contributed by atoms with Crippen molar-refractivity contribution in [2.24, 2.45) is 5.73 Å². The van der Waals surface area contributed by atoms with E-state index < -0.39 is 0 Å². The number of anilines is 2. The highest BCUT2D eigenvalue weighted by Gasteiger charge is 2.02. The maximum atomic E-state index is 5.54. The minimum Gasteiger partial charge on any atom is -0.494 e. The lowest BCUT2D eigenvalue weighted by atomic mass is 10.3. The van der Waals surface area contributed by atoms with E-state index in [1.54, 1.807) is 11.3 Å². The molecular weight excluding hydrogens is 258 g/mol. The van der Waals surface area contributed by atoms with Crippen molar-refractivity contribution in [2.45, 2.75) is 19.8 Å². The second-order valence-corrected chi connectivity index (χ2v) is 5.04. The van der Waals surface area contributed by atoms with E-state index in [1.165, 1.54) is 0 Å². The zero-order chi connectivity index (χ0) is 13.5. The fourth-order valence-corrected chi connectivity index (χ4v) is 2.37. The predicted molar refractivity (Wildman–Crippen MR) is 80.4 cm³/mol. The molecule has 102 valence electrons. The van der Waals surface area contributed by atoms with E-state index in [2.05, 4.69) is 17.2 Å². The molecule has 0 atom stereocenters. The second-order valence-electron chi connectivity index (χ2n) is 4.18. The summed E-state index contributed by atoms with van der Waals surface area (Å²) in [5.41, 5.74) is 7.56. The first-order chi connectivity index (χ1) is 9.31. The lowest BCUT2D eigenvalue weighted by molar-refractivity contribution is 0.317. The average molecular weight is 277 g/mol.